The molecule has 0 heterocycles. The van der Waals surface area contributed by atoms with Crippen molar-refractivity contribution in [3.8, 4) is 0 Å². The molecule has 0 aliphatic carbocycles. The second-order valence-electron chi connectivity index (χ2n) is 7.13. The Morgan fingerprint density at radius 3 is 2.37 bits per heavy atom. The van der Waals surface area contributed by atoms with E-state index in [0.717, 1.165) is 5.56 Å². The van der Waals surface area contributed by atoms with E-state index in [1.807, 2.05) is 13.0 Å². The van der Waals surface area contributed by atoms with E-state index in [1.54, 1.807) is 51.1 Å². The van der Waals surface area contributed by atoms with Crippen LogP contribution in [0.25, 0.3) is 0 Å². The molecular weight excluding hydrogens is 386 g/mol. The van der Waals surface area contributed by atoms with E-state index in [9.17, 15) is 13.2 Å². The summed E-state index contributed by atoms with van der Waals surface area (Å²) in [5, 5.41) is 2.72. The molecule has 2 rings (SSSR count). The van der Waals surface area contributed by atoms with Crippen LogP contribution in [-0.2, 0) is 10.0 Å². The molecule has 0 saturated carbocycles. The first-order valence-electron chi connectivity index (χ1n) is 8.25. The summed E-state index contributed by atoms with van der Waals surface area (Å²) in [7, 11) is -3.81. The molecule has 148 valence electrons. The maximum atomic E-state index is 12.8. The first kappa shape index (κ1) is 23.0. The maximum absolute atomic E-state index is 12.8. The zero-order chi connectivity index (χ0) is 19.5. The number of anilines is 1. The van der Waals surface area contributed by atoms with Gasteiger partial charge in [0.2, 0.25) is 0 Å². The van der Waals surface area contributed by atoms with Gasteiger partial charge in [0.15, 0.2) is 0 Å². The summed E-state index contributed by atoms with van der Waals surface area (Å²) in [5.74, 6) is -0.365. The monoisotopic (exact) mass is 411 g/mol. The minimum absolute atomic E-state index is 0. The second-order valence-corrected chi connectivity index (χ2v) is 8.78. The third-order valence-corrected chi connectivity index (χ3v) is 5.24. The highest BCUT2D eigenvalue weighted by Gasteiger charge is 2.20. The van der Waals surface area contributed by atoms with Crippen LogP contribution in [-0.4, -0.2) is 26.4 Å². The molecule has 0 fully saturated rings. The van der Waals surface area contributed by atoms with Gasteiger partial charge in [0.1, 0.15) is 0 Å². The number of amides is 1. The van der Waals surface area contributed by atoms with Crippen LogP contribution in [0.5, 0.6) is 0 Å². The number of aryl methyl sites for hydroxylation is 2. The van der Waals surface area contributed by atoms with E-state index >= 15 is 0 Å². The van der Waals surface area contributed by atoms with Crippen LogP contribution in [0.15, 0.2) is 47.4 Å². The fourth-order valence-electron chi connectivity index (χ4n) is 2.36. The summed E-state index contributed by atoms with van der Waals surface area (Å²) in [6, 6.07) is 11.7. The molecule has 0 aliphatic heterocycles. The predicted molar refractivity (Wildman–Crippen MR) is 111 cm³/mol. The lowest BCUT2D eigenvalue weighted by atomic mass is 10.1. The van der Waals surface area contributed by atoms with Crippen molar-refractivity contribution in [3.63, 3.8) is 0 Å². The number of carbonyl (C=O) groups is 1. The number of benzene rings is 2. The van der Waals surface area contributed by atoms with Gasteiger partial charge in [0.25, 0.3) is 15.9 Å². The molecule has 2 aromatic carbocycles. The van der Waals surface area contributed by atoms with Gasteiger partial charge >= 0.3 is 0 Å². The number of halogens is 1. The van der Waals surface area contributed by atoms with E-state index < -0.39 is 15.6 Å². The summed E-state index contributed by atoms with van der Waals surface area (Å²) in [6.45, 7) is 7.44. The van der Waals surface area contributed by atoms with Crippen molar-refractivity contribution in [3.05, 3.63) is 59.2 Å². The number of hydrogen-bond donors (Lipinski definition) is 3. The van der Waals surface area contributed by atoms with Crippen molar-refractivity contribution in [2.24, 2.45) is 5.73 Å². The van der Waals surface area contributed by atoms with Gasteiger partial charge in [0.05, 0.1) is 4.90 Å². The molecule has 0 unspecified atom stereocenters. The Hall–Kier alpha value is -2.09. The molecule has 2 aromatic rings. The van der Waals surface area contributed by atoms with Gasteiger partial charge in [-0.05, 0) is 63.1 Å². The third-order valence-electron chi connectivity index (χ3n) is 3.71. The number of carbonyl (C=O) groups excluding carboxylic acids is 1. The molecule has 4 N–H and O–H groups in total. The van der Waals surface area contributed by atoms with Gasteiger partial charge in [-0.2, -0.15) is 0 Å². The minimum atomic E-state index is -3.81. The molecule has 0 radical (unpaired) electrons. The SMILES string of the molecule is Cc1cccc(NS(=O)(=O)c2cc(C(=O)NCC(C)(C)N)ccc2C)c1.Cl. The summed E-state index contributed by atoms with van der Waals surface area (Å²) in [5.41, 5.74) is 7.55. The fraction of sp³-hybridized carbons (Fsp3) is 0.316. The van der Waals surface area contributed by atoms with Gasteiger partial charge in [0, 0.05) is 23.3 Å². The summed E-state index contributed by atoms with van der Waals surface area (Å²) < 4.78 is 28.1. The lowest BCUT2D eigenvalue weighted by molar-refractivity contribution is 0.0946. The number of hydrogen-bond acceptors (Lipinski definition) is 4. The fourth-order valence-corrected chi connectivity index (χ4v) is 3.68. The number of sulfonamides is 1. The number of nitrogens with two attached hydrogens (primary N) is 1. The summed E-state index contributed by atoms with van der Waals surface area (Å²) in [6.07, 6.45) is 0. The lowest BCUT2D eigenvalue weighted by Crippen LogP contribution is -2.45. The molecule has 0 spiro atoms. The predicted octanol–water partition coefficient (Wildman–Crippen LogP) is 2.99. The van der Waals surface area contributed by atoms with E-state index in [1.165, 1.54) is 6.07 Å². The zero-order valence-corrected chi connectivity index (χ0v) is 17.5. The van der Waals surface area contributed by atoms with Crippen LogP contribution in [0.4, 0.5) is 5.69 Å². The van der Waals surface area contributed by atoms with E-state index in [2.05, 4.69) is 10.0 Å². The van der Waals surface area contributed by atoms with Crippen LogP contribution < -0.4 is 15.8 Å². The molecule has 0 atom stereocenters. The normalized spacial score (nSPS) is 11.4. The molecule has 1 amide bonds. The Labute approximate surface area is 167 Å². The van der Waals surface area contributed by atoms with Crippen LogP contribution in [0.1, 0.15) is 35.3 Å². The van der Waals surface area contributed by atoms with Crippen molar-refractivity contribution in [1.29, 1.82) is 0 Å². The average Bonchev–Trinajstić information content (AvgIpc) is 2.51. The topological polar surface area (TPSA) is 101 Å². The molecule has 27 heavy (non-hydrogen) atoms. The highest BCUT2D eigenvalue weighted by atomic mass is 35.5. The van der Waals surface area contributed by atoms with Crippen LogP contribution in [0.3, 0.4) is 0 Å². The number of rotatable bonds is 6. The first-order valence-corrected chi connectivity index (χ1v) is 9.73. The van der Waals surface area contributed by atoms with Gasteiger partial charge in [-0.25, -0.2) is 8.42 Å². The van der Waals surface area contributed by atoms with Crippen LogP contribution in [0, 0.1) is 13.8 Å². The number of nitrogens with one attached hydrogen (secondary N) is 2. The highest BCUT2D eigenvalue weighted by molar-refractivity contribution is 7.92. The van der Waals surface area contributed by atoms with E-state index in [-0.39, 0.29) is 35.3 Å². The Morgan fingerprint density at radius 2 is 1.78 bits per heavy atom. The molecule has 6 nitrogen and oxygen atoms in total. The van der Waals surface area contributed by atoms with Gasteiger partial charge in [-0.15, -0.1) is 12.4 Å². The largest absolute Gasteiger partial charge is 0.350 e. The van der Waals surface area contributed by atoms with E-state index in [0.29, 0.717) is 11.3 Å². The Balaban J connectivity index is 0.00000364. The van der Waals surface area contributed by atoms with Gasteiger partial charge in [-0.1, -0.05) is 18.2 Å². The first-order chi connectivity index (χ1) is 12.0. The third kappa shape index (κ3) is 6.53. The molecule has 0 aliphatic rings. The Bertz CT molecular complexity index is 922. The molecular formula is C19H26ClN3O3S. The quantitative estimate of drug-likeness (QED) is 0.680. The average molecular weight is 412 g/mol. The van der Waals surface area contributed by atoms with Crippen molar-refractivity contribution in [2.45, 2.75) is 38.1 Å². The maximum Gasteiger partial charge on any atom is 0.262 e. The van der Waals surface area contributed by atoms with Crippen molar-refractivity contribution in [1.82, 2.24) is 5.32 Å². The van der Waals surface area contributed by atoms with Crippen molar-refractivity contribution < 1.29 is 13.2 Å². The molecule has 0 saturated heterocycles. The lowest BCUT2D eigenvalue weighted by Gasteiger charge is -2.19. The molecule has 0 bridgehead atoms. The van der Waals surface area contributed by atoms with Gasteiger partial charge in [-0.3, -0.25) is 9.52 Å². The zero-order valence-electron chi connectivity index (χ0n) is 15.9. The van der Waals surface area contributed by atoms with Gasteiger partial charge < -0.3 is 11.1 Å². The van der Waals surface area contributed by atoms with Crippen LogP contribution in [0.2, 0.25) is 0 Å². The van der Waals surface area contributed by atoms with Crippen LogP contribution >= 0.6 is 12.4 Å². The minimum Gasteiger partial charge on any atom is -0.350 e. The summed E-state index contributed by atoms with van der Waals surface area (Å²) >= 11 is 0. The molecule has 8 heteroatoms. The highest BCUT2D eigenvalue weighted by Crippen LogP contribution is 2.21. The Kier molecular flexibility index (Phi) is 7.42. The van der Waals surface area contributed by atoms with Crippen molar-refractivity contribution in [2.75, 3.05) is 11.3 Å². The van der Waals surface area contributed by atoms with Crippen molar-refractivity contribution >= 4 is 34.0 Å². The van der Waals surface area contributed by atoms with E-state index in [4.69, 9.17) is 5.73 Å². The molecule has 0 aromatic heterocycles. The summed E-state index contributed by atoms with van der Waals surface area (Å²) in [4.78, 5) is 12.4. The standard InChI is InChI=1S/C19H25N3O3S.ClH/c1-13-6-5-7-16(10-13)22-26(24,25)17-11-15(9-8-14(17)2)18(23)21-12-19(3,4)20;/h5-11,22H,12,20H2,1-4H3,(H,21,23);1H. The smallest absolute Gasteiger partial charge is 0.262 e. The second kappa shape index (κ2) is 8.73. The Morgan fingerprint density at radius 1 is 1.11 bits per heavy atom.